The van der Waals surface area contributed by atoms with Gasteiger partial charge in [0.2, 0.25) is 0 Å². The lowest BCUT2D eigenvalue weighted by Gasteiger charge is -2.20. The molecule has 8 heteroatoms. The van der Waals surface area contributed by atoms with Crippen LogP contribution in [0, 0.1) is 11.6 Å². The van der Waals surface area contributed by atoms with Crippen molar-refractivity contribution in [2.75, 3.05) is 17.1 Å². The molecule has 2 aromatic carbocycles. The molecule has 3 N–H and O–H groups in total. The van der Waals surface area contributed by atoms with Crippen LogP contribution in [0.4, 0.5) is 20.2 Å². The summed E-state index contributed by atoms with van der Waals surface area (Å²) in [6.07, 6.45) is 0. The summed E-state index contributed by atoms with van der Waals surface area (Å²) in [5.74, 6) is -2.59. The van der Waals surface area contributed by atoms with Crippen LogP contribution in [0.25, 0.3) is 0 Å². The van der Waals surface area contributed by atoms with Gasteiger partial charge >= 0.3 is 0 Å². The molecular weight excluding hydrogens is 302 g/mol. The molecule has 0 amide bonds. The molecule has 0 aliphatic rings. The summed E-state index contributed by atoms with van der Waals surface area (Å²) in [5, 5.41) is 9.18. The Morgan fingerprint density at radius 1 is 1.10 bits per heavy atom. The average Bonchev–Trinajstić information content (AvgIpc) is 2.37. The van der Waals surface area contributed by atoms with E-state index in [1.54, 1.807) is 0 Å². The topological polar surface area (TPSA) is 83.6 Å². The van der Waals surface area contributed by atoms with Gasteiger partial charge in [-0.3, -0.25) is 4.31 Å². The number of rotatable bonds is 3. The number of halogens is 2. The maximum Gasteiger partial charge on any atom is 0.269 e. The zero-order chi connectivity index (χ0) is 15.8. The molecule has 0 aliphatic heterocycles. The van der Waals surface area contributed by atoms with E-state index in [0.717, 1.165) is 19.2 Å². The molecule has 0 saturated carbocycles. The number of hydrogen-bond donors (Lipinski definition) is 2. The summed E-state index contributed by atoms with van der Waals surface area (Å²) in [5.41, 5.74) is 5.19. The molecule has 112 valence electrons. The van der Waals surface area contributed by atoms with E-state index >= 15 is 0 Å². The van der Waals surface area contributed by atoms with Gasteiger partial charge in [0.25, 0.3) is 10.0 Å². The summed E-state index contributed by atoms with van der Waals surface area (Å²) < 4.78 is 52.9. The Morgan fingerprint density at radius 2 is 1.57 bits per heavy atom. The lowest BCUT2D eigenvalue weighted by Crippen LogP contribution is -2.28. The maximum atomic E-state index is 13.8. The number of nitrogens with two attached hydrogens (primary N) is 1. The average molecular weight is 314 g/mol. The minimum absolute atomic E-state index is 0.0607. The SMILES string of the molecule is CN(c1ccc(O)cc1)S(=O)(=O)c1c(F)cc(N)cc1F. The van der Waals surface area contributed by atoms with Crippen molar-refractivity contribution in [1.29, 1.82) is 0 Å². The molecule has 21 heavy (non-hydrogen) atoms. The molecular formula is C13H12F2N2O3S. The third-order valence-electron chi connectivity index (χ3n) is 2.85. The Morgan fingerprint density at radius 3 is 2.05 bits per heavy atom. The summed E-state index contributed by atoms with van der Waals surface area (Å²) in [6.45, 7) is 0. The Hall–Kier alpha value is -2.35. The molecule has 5 nitrogen and oxygen atoms in total. The number of anilines is 2. The van der Waals surface area contributed by atoms with Crippen LogP contribution in [0.3, 0.4) is 0 Å². The van der Waals surface area contributed by atoms with E-state index in [-0.39, 0.29) is 17.1 Å². The second-order valence-electron chi connectivity index (χ2n) is 4.30. The van der Waals surface area contributed by atoms with Crippen molar-refractivity contribution < 1.29 is 22.3 Å². The molecule has 0 fully saturated rings. The van der Waals surface area contributed by atoms with E-state index in [1.165, 1.54) is 24.3 Å². The van der Waals surface area contributed by atoms with E-state index in [2.05, 4.69) is 0 Å². The van der Waals surface area contributed by atoms with Crippen LogP contribution in [0.15, 0.2) is 41.3 Å². The zero-order valence-electron chi connectivity index (χ0n) is 10.9. The van der Waals surface area contributed by atoms with E-state index in [0.29, 0.717) is 4.31 Å². The molecule has 0 unspecified atom stereocenters. The van der Waals surface area contributed by atoms with Crippen molar-refractivity contribution in [2.45, 2.75) is 4.90 Å². The maximum absolute atomic E-state index is 13.8. The molecule has 0 heterocycles. The van der Waals surface area contributed by atoms with Gasteiger partial charge < -0.3 is 10.8 Å². The predicted octanol–water partition coefficient (Wildman–Crippen LogP) is 2.08. The molecule has 2 aromatic rings. The number of phenols is 1. The highest BCUT2D eigenvalue weighted by Gasteiger charge is 2.29. The van der Waals surface area contributed by atoms with Crippen molar-refractivity contribution in [3.8, 4) is 5.75 Å². The van der Waals surface area contributed by atoms with Gasteiger partial charge in [-0.1, -0.05) is 0 Å². The molecule has 2 rings (SSSR count). The highest BCUT2D eigenvalue weighted by molar-refractivity contribution is 7.92. The third-order valence-corrected chi connectivity index (χ3v) is 4.69. The minimum Gasteiger partial charge on any atom is -0.508 e. The van der Waals surface area contributed by atoms with Crippen LogP contribution in [-0.2, 0) is 10.0 Å². The van der Waals surface area contributed by atoms with Gasteiger partial charge in [0, 0.05) is 12.7 Å². The van der Waals surface area contributed by atoms with Gasteiger partial charge in [0.05, 0.1) is 5.69 Å². The highest BCUT2D eigenvalue weighted by atomic mass is 32.2. The second-order valence-corrected chi connectivity index (χ2v) is 6.21. The number of nitrogens with zero attached hydrogens (tertiary/aromatic N) is 1. The number of benzene rings is 2. The van der Waals surface area contributed by atoms with E-state index in [4.69, 9.17) is 5.73 Å². The first-order chi connectivity index (χ1) is 9.73. The molecule has 0 spiro atoms. The van der Waals surface area contributed by atoms with Gasteiger partial charge in [-0.2, -0.15) is 0 Å². The van der Waals surface area contributed by atoms with Crippen LogP contribution in [-0.4, -0.2) is 20.6 Å². The van der Waals surface area contributed by atoms with Crippen LogP contribution >= 0.6 is 0 Å². The van der Waals surface area contributed by atoms with Crippen molar-refractivity contribution >= 4 is 21.4 Å². The quantitative estimate of drug-likeness (QED) is 0.850. The summed E-state index contributed by atoms with van der Waals surface area (Å²) in [6, 6.07) is 6.61. The number of nitrogen functional groups attached to an aromatic ring is 1. The highest BCUT2D eigenvalue weighted by Crippen LogP contribution is 2.28. The number of hydrogen-bond acceptors (Lipinski definition) is 4. The summed E-state index contributed by atoms with van der Waals surface area (Å²) in [4.78, 5) is -1.08. The molecule has 0 saturated heterocycles. The fourth-order valence-corrected chi connectivity index (χ4v) is 3.05. The minimum atomic E-state index is -4.44. The van der Waals surface area contributed by atoms with Crippen LogP contribution in [0.1, 0.15) is 0 Å². The smallest absolute Gasteiger partial charge is 0.269 e. The van der Waals surface area contributed by atoms with Crippen LogP contribution in [0.2, 0.25) is 0 Å². The number of sulfonamides is 1. The monoisotopic (exact) mass is 314 g/mol. The molecule has 0 atom stereocenters. The first kappa shape index (κ1) is 15.0. The lowest BCUT2D eigenvalue weighted by atomic mass is 10.3. The fraction of sp³-hybridized carbons (Fsp3) is 0.0769. The fourth-order valence-electron chi connectivity index (χ4n) is 1.76. The molecule has 0 radical (unpaired) electrons. The molecule has 0 bridgehead atoms. The largest absolute Gasteiger partial charge is 0.508 e. The first-order valence-electron chi connectivity index (χ1n) is 5.76. The van der Waals surface area contributed by atoms with Gasteiger partial charge in [0.15, 0.2) is 4.90 Å². The first-order valence-corrected chi connectivity index (χ1v) is 7.20. The Bertz CT molecular complexity index is 753. The normalized spacial score (nSPS) is 11.4. The van der Waals surface area contributed by atoms with Crippen molar-refractivity contribution in [3.05, 3.63) is 48.0 Å². The number of phenolic OH excluding ortho intramolecular Hbond substituents is 1. The standard InChI is InChI=1S/C13H12F2N2O3S/c1-17(9-2-4-10(18)5-3-9)21(19,20)13-11(14)6-8(16)7-12(13)15/h2-7,18H,16H2,1H3. The van der Waals surface area contributed by atoms with E-state index in [9.17, 15) is 22.3 Å². The zero-order valence-corrected chi connectivity index (χ0v) is 11.7. The van der Waals surface area contributed by atoms with Gasteiger partial charge in [0.1, 0.15) is 17.4 Å². The Kier molecular flexibility index (Phi) is 3.73. The van der Waals surface area contributed by atoms with E-state index < -0.39 is 26.6 Å². The van der Waals surface area contributed by atoms with Gasteiger partial charge in [-0.05, 0) is 36.4 Å². The van der Waals surface area contributed by atoms with Crippen molar-refractivity contribution in [3.63, 3.8) is 0 Å². The molecule has 0 aromatic heterocycles. The van der Waals surface area contributed by atoms with Crippen molar-refractivity contribution in [2.24, 2.45) is 0 Å². The predicted molar refractivity (Wildman–Crippen MR) is 74.5 cm³/mol. The van der Waals surface area contributed by atoms with Crippen LogP contribution in [0.5, 0.6) is 5.75 Å². The number of aromatic hydroxyl groups is 1. The Balaban J connectivity index is 2.54. The van der Waals surface area contributed by atoms with Crippen molar-refractivity contribution in [1.82, 2.24) is 0 Å². The second kappa shape index (κ2) is 5.21. The summed E-state index contributed by atoms with van der Waals surface area (Å²) >= 11 is 0. The Labute approximate surface area is 120 Å². The van der Waals surface area contributed by atoms with Gasteiger partial charge in [-0.15, -0.1) is 0 Å². The lowest BCUT2D eigenvalue weighted by molar-refractivity contribution is 0.475. The molecule has 0 aliphatic carbocycles. The summed E-state index contributed by atoms with van der Waals surface area (Å²) in [7, 11) is -3.29. The van der Waals surface area contributed by atoms with E-state index in [1.807, 2.05) is 0 Å². The third kappa shape index (κ3) is 2.75. The van der Waals surface area contributed by atoms with Crippen LogP contribution < -0.4 is 10.0 Å². The van der Waals surface area contributed by atoms with Gasteiger partial charge in [-0.25, -0.2) is 17.2 Å².